The van der Waals surface area contributed by atoms with E-state index in [0.717, 1.165) is 18.6 Å². The van der Waals surface area contributed by atoms with Crippen LogP contribution in [0.1, 0.15) is 60.7 Å². The van der Waals surface area contributed by atoms with Crippen molar-refractivity contribution in [2.45, 2.75) is 52.1 Å². The number of ether oxygens (including phenoxy) is 1. The molecule has 102 valence electrons. The third-order valence-corrected chi connectivity index (χ3v) is 3.79. The van der Waals surface area contributed by atoms with Crippen molar-refractivity contribution < 1.29 is 14.6 Å². The number of carbonyl (C=O) groups is 1. The van der Waals surface area contributed by atoms with Gasteiger partial charge in [-0.2, -0.15) is 0 Å². The third-order valence-electron chi connectivity index (χ3n) is 2.84. The normalized spacial score (nSPS) is 10.7. The summed E-state index contributed by atoms with van der Waals surface area (Å²) in [6.45, 7) is 3.35. The average Bonchev–Trinajstić information content (AvgIpc) is 2.81. The molecule has 0 amide bonds. The Hall–Kier alpha value is -0.870. The molecule has 0 spiro atoms. The zero-order chi connectivity index (χ0) is 13.2. The summed E-state index contributed by atoms with van der Waals surface area (Å²) >= 11 is 1.26. The fourth-order valence-corrected chi connectivity index (χ4v) is 2.55. The topological polar surface area (TPSA) is 46.5 Å². The Morgan fingerprint density at radius 2 is 2.00 bits per heavy atom. The molecule has 1 N–H and O–H groups in total. The Labute approximate surface area is 113 Å². The maximum atomic E-state index is 10.9. The molecule has 0 radical (unpaired) electrons. The van der Waals surface area contributed by atoms with Gasteiger partial charge in [0.15, 0.2) is 0 Å². The molecule has 0 aliphatic heterocycles. The first kappa shape index (κ1) is 15.2. The minimum atomic E-state index is -0.858. The third kappa shape index (κ3) is 5.65. The highest BCUT2D eigenvalue weighted by Gasteiger charge is 2.10. The van der Waals surface area contributed by atoms with Gasteiger partial charge in [-0.15, -0.1) is 11.3 Å². The molecule has 0 aromatic carbocycles. The molecule has 1 rings (SSSR count). The van der Waals surface area contributed by atoms with E-state index in [0.29, 0.717) is 11.5 Å². The summed E-state index contributed by atoms with van der Waals surface area (Å²) in [6.07, 6.45) is 7.44. The van der Waals surface area contributed by atoms with E-state index >= 15 is 0 Å². The molecule has 0 saturated heterocycles. The molecule has 3 nitrogen and oxygen atoms in total. The fraction of sp³-hybridized carbons (Fsp3) is 0.643. The van der Waals surface area contributed by atoms with Crippen molar-refractivity contribution in [3.8, 4) is 0 Å². The summed E-state index contributed by atoms with van der Waals surface area (Å²) < 4.78 is 5.52. The minimum Gasteiger partial charge on any atom is -0.477 e. The summed E-state index contributed by atoms with van der Waals surface area (Å²) in [5.41, 5.74) is 0.790. The Morgan fingerprint density at radius 3 is 2.72 bits per heavy atom. The highest BCUT2D eigenvalue weighted by atomic mass is 32.1. The van der Waals surface area contributed by atoms with E-state index in [-0.39, 0.29) is 0 Å². The van der Waals surface area contributed by atoms with Gasteiger partial charge in [0.1, 0.15) is 4.88 Å². The minimum absolute atomic E-state index is 0.401. The first-order chi connectivity index (χ1) is 8.75. The van der Waals surface area contributed by atoms with Crippen LogP contribution >= 0.6 is 11.3 Å². The SMILES string of the molecule is CCCCCCCCOCc1ccsc1C(=O)O. The lowest BCUT2D eigenvalue weighted by Gasteiger charge is -2.04. The largest absolute Gasteiger partial charge is 0.477 e. The quantitative estimate of drug-likeness (QED) is 0.644. The Kier molecular flexibility index (Phi) is 7.69. The molecule has 1 heterocycles. The molecule has 4 heteroatoms. The van der Waals surface area contributed by atoms with Gasteiger partial charge < -0.3 is 9.84 Å². The fourth-order valence-electron chi connectivity index (χ4n) is 1.80. The van der Waals surface area contributed by atoms with E-state index < -0.39 is 5.97 Å². The zero-order valence-electron chi connectivity index (χ0n) is 11.0. The first-order valence-corrected chi connectivity index (χ1v) is 7.51. The van der Waals surface area contributed by atoms with E-state index in [1.807, 2.05) is 6.07 Å². The van der Waals surface area contributed by atoms with Crippen LogP contribution in [0.3, 0.4) is 0 Å². The van der Waals surface area contributed by atoms with Gasteiger partial charge in [-0.1, -0.05) is 39.0 Å². The van der Waals surface area contributed by atoms with Crippen LogP contribution in [0, 0.1) is 0 Å². The summed E-state index contributed by atoms with van der Waals surface area (Å²) in [5, 5.41) is 10.7. The lowest BCUT2D eigenvalue weighted by molar-refractivity contribution is 0.0693. The maximum Gasteiger partial charge on any atom is 0.346 e. The van der Waals surface area contributed by atoms with Crippen molar-refractivity contribution in [1.29, 1.82) is 0 Å². The van der Waals surface area contributed by atoms with Crippen LogP contribution in [0.2, 0.25) is 0 Å². The molecule has 0 saturated carbocycles. The second-order valence-corrected chi connectivity index (χ2v) is 5.32. The van der Waals surface area contributed by atoms with Crippen molar-refractivity contribution >= 4 is 17.3 Å². The summed E-state index contributed by atoms with van der Waals surface area (Å²) in [5.74, 6) is -0.858. The zero-order valence-corrected chi connectivity index (χ0v) is 11.8. The molecular weight excluding hydrogens is 248 g/mol. The van der Waals surface area contributed by atoms with Gasteiger partial charge in [-0.3, -0.25) is 0 Å². The number of hydrogen-bond donors (Lipinski definition) is 1. The van der Waals surface area contributed by atoms with Gasteiger partial charge in [0.25, 0.3) is 0 Å². The molecule has 18 heavy (non-hydrogen) atoms. The lowest BCUT2D eigenvalue weighted by Crippen LogP contribution is -2.01. The van der Waals surface area contributed by atoms with Gasteiger partial charge in [-0.25, -0.2) is 4.79 Å². The Balaban J connectivity index is 2.07. The van der Waals surface area contributed by atoms with Gasteiger partial charge in [-0.05, 0) is 17.9 Å². The molecule has 1 aromatic rings. The van der Waals surface area contributed by atoms with Gasteiger partial charge in [0, 0.05) is 12.2 Å². The smallest absolute Gasteiger partial charge is 0.346 e. The van der Waals surface area contributed by atoms with Crippen LogP contribution in [0.15, 0.2) is 11.4 Å². The monoisotopic (exact) mass is 270 g/mol. The summed E-state index contributed by atoms with van der Waals surface area (Å²) in [4.78, 5) is 11.3. The van der Waals surface area contributed by atoms with Gasteiger partial charge in [0.05, 0.1) is 6.61 Å². The highest BCUT2D eigenvalue weighted by molar-refractivity contribution is 7.12. The van der Waals surface area contributed by atoms with Crippen molar-refractivity contribution in [2.75, 3.05) is 6.61 Å². The molecule has 0 bridgehead atoms. The summed E-state index contributed by atoms with van der Waals surface area (Å²) in [7, 11) is 0. The first-order valence-electron chi connectivity index (χ1n) is 6.63. The van der Waals surface area contributed by atoms with Gasteiger partial charge >= 0.3 is 5.97 Å². The second kappa shape index (κ2) is 9.11. The second-order valence-electron chi connectivity index (χ2n) is 4.40. The molecule has 0 unspecified atom stereocenters. The lowest BCUT2D eigenvalue weighted by atomic mass is 10.1. The van der Waals surface area contributed by atoms with Crippen LogP contribution in [0.4, 0.5) is 0 Å². The van der Waals surface area contributed by atoms with Crippen molar-refractivity contribution in [3.63, 3.8) is 0 Å². The van der Waals surface area contributed by atoms with Crippen LogP contribution in [0.25, 0.3) is 0 Å². The van der Waals surface area contributed by atoms with Crippen LogP contribution in [0.5, 0.6) is 0 Å². The standard InChI is InChI=1S/C14H22O3S/c1-2-3-4-5-6-7-9-17-11-12-8-10-18-13(12)14(15)16/h8,10H,2-7,9,11H2,1H3,(H,15,16). The predicted molar refractivity (Wildman–Crippen MR) is 74.3 cm³/mol. The van der Waals surface area contributed by atoms with E-state index in [1.165, 1.54) is 43.4 Å². The molecule has 0 fully saturated rings. The van der Waals surface area contributed by atoms with E-state index in [4.69, 9.17) is 9.84 Å². The number of aromatic carboxylic acids is 1. The number of hydrogen-bond acceptors (Lipinski definition) is 3. The number of carboxylic acids is 1. The van der Waals surface area contributed by atoms with Crippen molar-refractivity contribution in [3.05, 3.63) is 21.9 Å². The van der Waals surface area contributed by atoms with E-state index in [2.05, 4.69) is 6.92 Å². The van der Waals surface area contributed by atoms with E-state index in [9.17, 15) is 4.79 Å². The Bertz CT molecular complexity index is 347. The maximum absolute atomic E-state index is 10.9. The van der Waals surface area contributed by atoms with Crippen molar-refractivity contribution in [1.82, 2.24) is 0 Å². The highest BCUT2D eigenvalue weighted by Crippen LogP contribution is 2.17. The molecule has 0 atom stereocenters. The predicted octanol–water partition coefficient (Wildman–Crippen LogP) is 4.32. The Morgan fingerprint density at radius 1 is 1.28 bits per heavy atom. The molecular formula is C14H22O3S. The van der Waals surface area contributed by atoms with Crippen LogP contribution < -0.4 is 0 Å². The van der Waals surface area contributed by atoms with Crippen LogP contribution in [-0.2, 0) is 11.3 Å². The molecule has 1 aromatic heterocycles. The summed E-state index contributed by atoms with van der Waals surface area (Å²) in [6, 6.07) is 1.83. The number of unbranched alkanes of at least 4 members (excludes halogenated alkanes) is 5. The number of thiophene rings is 1. The van der Waals surface area contributed by atoms with E-state index in [1.54, 1.807) is 5.38 Å². The number of carboxylic acid groups (broad SMARTS) is 1. The number of rotatable bonds is 10. The van der Waals surface area contributed by atoms with Crippen LogP contribution in [-0.4, -0.2) is 17.7 Å². The van der Waals surface area contributed by atoms with Crippen molar-refractivity contribution in [2.24, 2.45) is 0 Å². The average molecular weight is 270 g/mol. The van der Waals surface area contributed by atoms with Gasteiger partial charge in [0.2, 0.25) is 0 Å². The molecule has 0 aliphatic carbocycles. The molecule has 0 aliphatic rings.